The third kappa shape index (κ3) is 2.32. The van der Waals surface area contributed by atoms with Crippen molar-refractivity contribution in [2.24, 2.45) is 0 Å². The van der Waals surface area contributed by atoms with Gasteiger partial charge in [-0.1, -0.05) is 0 Å². The van der Waals surface area contributed by atoms with E-state index in [2.05, 4.69) is 34.4 Å². The van der Waals surface area contributed by atoms with E-state index in [0.717, 1.165) is 42.1 Å². The summed E-state index contributed by atoms with van der Waals surface area (Å²) in [6.45, 7) is 4.73. The van der Waals surface area contributed by atoms with Crippen LogP contribution >= 0.6 is 11.3 Å². The quantitative estimate of drug-likeness (QED) is 0.798. The average molecular weight is 340 g/mol. The first-order chi connectivity index (χ1) is 11.7. The van der Waals surface area contributed by atoms with Crippen molar-refractivity contribution in [3.8, 4) is 0 Å². The highest BCUT2D eigenvalue weighted by molar-refractivity contribution is 7.10. The summed E-state index contributed by atoms with van der Waals surface area (Å²) in [6, 6.07) is 4.22. The molecule has 6 heteroatoms. The van der Waals surface area contributed by atoms with Crippen molar-refractivity contribution in [2.45, 2.75) is 45.2 Å². The van der Waals surface area contributed by atoms with Gasteiger partial charge in [-0.3, -0.25) is 14.8 Å². The van der Waals surface area contributed by atoms with Gasteiger partial charge in [0.25, 0.3) is 5.56 Å². The molecular weight excluding hydrogens is 320 g/mol. The molecule has 5 rings (SSSR count). The minimum atomic E-state index is 0.0782. The monoisotopic (exact) mass is 340 g/mol. The number of aromatic nitrogens is 3. The van der Waals surface area contributed by atoms with Crippen LogP contribution in [0.25, 0.3) is 5.65 Å². The number of fused-ring (bicyclic) bond motifs is 2. The summed E-state index contributed by atoms with van der Waals surface area (Å²) >= 11 is 1.80. The number of nitrogens with zero attached hydrogens (tertiary/aromatic N) is 3. The fourth-order valence-electron chi connectivity index (χ4n) is 3.56. The van der Waals surface area contributed by atoms with Crippen LogP contribution in [0.5, 0.6) is 0 Å². The average Bonchev–Trinajstić information content (AvgIpc) is 3.22. The second kappa shape index (κ2) is 5.29. The topological polar surface area (TPSA) is 53.4 Å². The third-order valence-corrected chi connectivity index (χ3v) is 6.22. The maximum absolute atomic E-state index is 12.9. The van der Waals surface area contributed by atoms with Gasteiger partial charge in [-0.15, -0.1) is 11.3 Å². The predicted octanol–water partition coefficient (Wildman–Crippen LogP) is 2.83. The van der Waals surface area contributed by atoms with E-state index in [1.165, 1.54) is 23.3 Å². The van der Waals surface area contributed by atoms with Gasteiger partial charge in [0, 0.05) is 48.6 Å². The van der Waals surface area contributed by atoms with Gasteiger partial charge in [-0.05, 0) is 36.8 Å². The second-order valence-electron chi connectivity index (χ2n) is 7.01. The van der Waals surface area contributed by atoms with E-state index in [1.54, 1.807) is 15.9 Å². The first-order valence-corrected chi connectivity index (χ1v) is 9.46. The first kappa shape index (κ1) is 14.4. The summed E-state index contributed by atoms with van der Waals surface area (Å²) in [5, 5.41) is 5.41. The van der Waals surface area contributed by atoms with Crippen molar-refractivity contribution in [1.82, 2.24) is 19.5 Å². The van der Waals surface area contributed by atoms with Gasteiger partial charge < -0.3 is 0 Å². The van der Waals surface area contributed by atoms with Gasteiger partial charge in [0.2, 0.25) is 0 Å². The number of H-pyrrole nitrogens is 1. The van der Waals surface area contributed by atoms with E-state index in [0.29, 0.717) is 12.5 Å². The Hall–Kier alpha value is -1.92. The lowest BCUT2D eigenvalue weighted by atomic mass is 10.1. The summed E-state index contributed by atoms with van der Waals surface area (Å²) < 4.78 is 1.65. The smallest absolute Gasteiger partial charge is 0.277 e. The number of aromatic amines is 1. The molecule has 0 radical (unpaired) electrons. The van der Waals surface area contributed by atoms with Crippen molar-refractivity contribution in [2.75, 3.05) is 6.54 Å². The number of hydrogen-bond acceptors (Lipinski definition) is 4. The van der Waals surface area contributed by atoms with E-state index in [-0.39, 0.29) is 5.56 Å². The molecule has 1 N–H and O–H groups in total. The minimum absolute atomic E-state index is 0.0782. The lowest BCUT2D eigenvalue weighted by Gasteiger charge is -2.27. The fourth-order valence-corrected chi connectivity index (χ4v) is 4.51. The van der Waals surface area contributed by atoms with E-state index >= 15 is 0 Å². The van der Waals surface area contributed by atoms with E-state index in [9.17, 15) is 4.79 Å². The van der Waals surface area contributed by atoms with Crippen LogP contribution in [-0.4, -0.2) is 26.0 Å². The van der Waals surface area contributed by atoms with Crippen molar-refractivity contribution in [1.29, 1.82) is 0 Å². The molecule has 124 valence electrons. The first-order valence-electron chi connectivity index (χ1n) is 8.58. The number of nitrogens with one attached hydrogen (secondary N) is 1. The fraction of sp³-hybridized carbons (Fsp3) is 0.444. The Morgan fingerprint density at radius 1 is 1.42 bits per heavy atom. The lowest BCUT2D eigenvalue weighted by Crippen LogP contribution is -2.36. The Balaban J connectivity index is 1.49. The molecule has 0 bridgehead atoms. The van der Waals surface area contributed by atoms with Crippen molar-refractivity contribution in [3.05, 3.63) is 55.3 Å². The molecule has 0 aromatic carbocycles. The molecule has 0 atom stereocenters. The summed E-state index contributed by atoms with van der Waals surface area (Å²) in [7, 11) is 0. The molecule has 0 saturated heterocycles. The highest BCUT2D eigenvalue weighted by Gasteiger charge is 2.27. The zero-order valence-corrected chi connectivity index (χ0v) is 14.5. The van der Waals surface area contributed by atoms with Gasteiger partial charge in [-0.25, -0.2) is 9.50 Å². The zero-order chi connectivity index (χ0) is 16.3. The minimum Gasteiger partial charge on any atom is -0.293 e. The Morgan fingerprint density at radius 3 is 3.04 bits per heavy atom. The molecule has 3 aromatic heterocycles. The van der Waals surface area contributed by atoms with Crippen molar-refractivity contribution in [3.63, 3.8) is 0 Å². The van der Waals surface area contributed by atoms with Gasteiger partial charge in [-0.2, -0.15) is 0 Å². The lowest BCUT2D eigenvalue weighted by molar-refractivity contribution is 0.243. The Labute approximate surface area is 143 Å². The highest BCUT2D eigenvalue weighted by atomic mass is 32.1. The van der Waals surface area contributed by atoms with Crippen LogP contribution < -0.4 is 5.56 Å². The van der Waals surface area contributed by atoms with Crippen LogP contribution in [0.15, 0.2) is 22.3 Å². The van der Waals surface area contributed by atoms with Crippen LogP contribution in [0, 0.1) is 6.92 Å². The van der Waals surface area contributed by atoms with E-state index < -0.39 is 0 Å². The summed E-state index contributed by atoms with van der Waals surface area (Å²) in [5.41, 5.74) is 5.21. The molecule has 4 heterocycles. The van der Waals surface area contributed by atoms with Crippen LogP contribution in [0.2, 0.25) is 0 Å². The molecule has 1 aliphatic heterocycles. The largest absolute Gasteiger partial charge is 0.293 e. The predicted molar refractivity (Wildman–Crippen MR) is 94.7 cm³/mol. The summed E-state index contributed by atoms with van der Waals surface area (Å²) in [6.07, 6.45) is 3.29. The molecule has 24 heavy (non-hydrogen) atoms. The van der Waals surface area contributed by atoms with Crippen molar-refractivity contribution < 1.29 is 0 Å². The maximum Gasteiger partial charge on any atom is 0.277 e. The second-order valence-corrected chi connectivity index (χ2v) is 8.01. The molecule has 5 nitrogen and oxygen atoms in total. The van der Waals surface area contributed by atoms with Crippen LogP contribution in [0.4, 0.5) is 0 Å². The van der Waals surface area contributed by atoms with Crippen molar-refractivity contribution >= 4 is 17.0 Å². The molecule has 1 aliphatic carbocycles. The van der Waals surface area contributed by atoms with E-state index in [4.69, 9.17) is 4.98 Å². The molecular formula is C18H20N4OS. The molecule has 3 aromatic rings. The zero-order valence-electron chi connectivity index (χ0n) is 13.7. The SMILES string of the molecule is Cc1ccsc1CN1CCc2nc3cc(C4CC4)[nH]n3c(=O)c2C1. The highest BCUT2D eigenvalue weighted by Crippen LogP contribution is 2.39. The molecule has 1 saturated carbocycles. The van der Waals surface area contributed by atoms with Gasteiger partial charge >= 0.3 is 0 Å². The Morgan fingerprint density at radius 2 is 2.29 bits per heavy atom. The Kier molecular flexibility index (Phi) is 3.18. The number of aryl methyl sites for hydroxylation is 1. The summed E-state index contributed by atoms with van der Waals surface area (Å²) in [4.78, 5) is 21.4. The number of thiophene rings is 1. The molecule has 2 aliphatic rings. The molecule has 0 spiro atoms. The van der Waals surface area contributed by atoms with E-state index in [1.807, 2.05) is 0 Å². The third-order valence-electron chi connectivity index (χ3n) is 5.21. The Bertz CT molecular complexity index is 979. The molecule has 0 unspecified atom stereocenters. The van der Waals surface area contributed by atoms with Crippen LogP contribution in [0.3, 0.4) is 0 Å². The standard InChI is InChI=1S/C18H20N4OS/c1-11-5-7-24-16(11)10-21-6-4-14-13(9-21)18(23)22-17(19-14)8-15(20-22)12-2-3-12/h5,7-8,12,20H,2-4,6,9-10H2,1H3. The normalized spacial score (nSPS) is 18.2. The van der Waals surface area contributed by atoms with Gasteiger partial charge in [0.15, 0.2) is 5.65 Å². The number of rotatable bonds is 3. The summed E-state index contributed by atoms with van der Waals surface area (Å²) in [5.74, 6) is 0.599. The molecule has 0 amide bonds. The molecule has 1 fully saturated rings. The number of hydrogen-bond donors (Lipinski definition) is 1. The maximum atomic E-state index is 12.9. The van der Waals surface area contributed by atoms with Crippen LogP contribution in [0.1, 0.15) is 46.2 Å². The van der Waals surface area contributed by atoms with Crippen LogP contribution in [-0.2, 0) is 19.5 Å². The van der Waals surface area contributed by atoms with Gasteiger partial charge in [0.05, 0.1) is 11.3 Å². The van der Waals surface area contributed by atoms with Gasteiger partial charge in [0.1, 0.15) is 0 Å².